The van der Waals surface area contributed by atoms with E-state index in [1.807, 2.05) is 37.3 Å². The molecule has 2 aromatic carbocycles. The predicted octanol–water partition coefficient (Wildman–Crippen LogP) is 4.24. The minimum absolute atomic E-state index is 0.0554. The molecule has 2 fully saturated rings. The summed E-state index contributed by atoms with van der Waals surface area (Å²) in [5, 5.41) is 0. The van der Waals surface area contributed by atoms with Crippen molar-refractivity contribution >= 4 is 15.9 Å². The van der Waals surface area contributed by atoms with Crippen LogP contribution in [0.25, 0.3) is 0 Å². The number of carbonyl (C=O) groups excluding carboxylic acids is 1. The first-order chi connectivity index (χ1) is 15.4. The fourth-order valence-electron chi connectivity index (χ4n) is 4.73. The molecule has 0 N–H and O–H groups in total. The van der Waals surface area contributed by atoms with Crippen molar-refractivity contribution in [2.75, 3.05) is 20.1 Å². The van der Waals surface area contributed by atoms with Gasteiger partial charge in [0, 0.05) is 25.2 Å². The Morgan fingerprint density at radius 1 is 0.969 bits per heavy atom. The summed E-state index contributed by atoms with van der Waals surface area (Å²) in [5.74, 6) is -0.106. The maximum Gasteiger partial charge on any atom is 0.254 e. The van der Waals surface area contributed by atoms with Crippen LogP contribution in [-0.2, 0) is 14.8 Å². The molecule has 172 valence electrons. The molecule has 1 saturated carbocycles. The molecule has 1 aliphatic heterocycles. The summed E-state index contributed by atoms with van der Waals surface area (Å²) < 4.78 is 33.7. The largest absolute Gasteiger partial charge is 0.367 e. The van der Waals surface area contributed by atoms with Crippen LogP contribution in [0.3, 0.4) is 0 Å². The highest BCUT2D eigenvalue weighted by molar-refractivity contribution is 7.89. The van der Waals surface area contributed by atoms with Crippen LogP contribution in [0.5, 0.6) is 0 Å². The summed E-state index contributed by atoms with van der Waals surface area (Å²) in [5.41, 5.74) is 1.54. The Morgan fingerprint density at radius 2 is 1.62 bits per heavy atom. The normalized spacial score (nSPS) is 22.8. The summed E-state index contributed by atoms with van der Waals surface area (Å²) in [6.07, 6.45) is 4.87. The number of ether oxygens (including phenoxy) is 1. The number of hydrogen-bond donors (Lipinski definition) is 0. The van der Waals surface area contributed by atoms with Crippen molar-refractivity contribution in [2.45, 2.75) is 62.2 Å². The van der Waals surface area contributed by atoms with Gasteiger partial charge in [0.2, 0.25) is 10.0 Å². The molecule has 2 aliphatic rings. The zero-order valence-corrected chi connectivity index (χ0v) is 19.6. The average molecular weight is 457 g/mol. The molecular weight excluding hydrogens is 424 g/mol. The lowest BCUT2D eigenvalue weighted by Gasteiger charge is -2.37. The van der Waals surface area contributed by atoms with Crippen LogP contribution in [-0.4, -0.2) is 55.8 Å². The Kier molecular flexibility index (Phi) is 6.98. The predicted molar refractivity (Wildman–Crippen MR) is 124 cm³/mol. The number of carbonyl (C=O) groups is 1. The molecule has 2 atom stereocenters. The van der Waals surface area contributed by atoms with Crippen molar-refractivity contribution in [3.8, 4) is 0 Å². The van der Waals surface area contributed by atoms with Gasteiger partial charge in [-0.15, -0.1) is 0 Å². The van der Waals surface area contributed by atoms with E-state index in [2.05, 4.69) is 0 Å². The Hall–Kier alpha value is -2.22. The van der Waals surface area contributed by atoms with Crippen molar-refractivity contribution in [3.63, 3.8) is 0 Å². The third kappa shape index (κ3) is 4.90. The van der Waals surface area contributed by atoms with Crippen LogP contribution >= 0.6 is 0 Å². The van der Waals surface area contributed by atoms with E-state index < -0.39 is 10.0 Å². The molecule has 1 aliphatic carbocycles. The Balaban J connectivity index is 1.48. The summed E-state index contributed by atoms with van der Waals surface area (Å²) in [4.78, 5) is 15.2. The van der Waals surface area contributed by atoms with Crippen LogP contribution in [0.2, 0.25) is 0 Å². The highest BCUT2D eigenvalue weighted by Gasteiger charge is 2.31. The van der Waals surface area contributed by atoms with Gasteiger partial charge in [-0.2, -0.15) is 4.31 Å². The van der Waals surface area contributed by atoms with E-state index in [4.69, 9.17) is 4.74 Å². The van der Waals surface area contributed by atoms with Crippen molar-refractivity contribution in [3.05, 3.63) is 65.7 Å². The summed E-state index contributed by atoms with van der Waals surface area (Å²) in [6.45, 7) is 2.94. The smallest absolute Gasteiger partial charge is 0.254 e. The Labute approximate surface area is 191 Å². The molecule has 32 heavy (non-hydrogen) atoms. The van der Waals surface area contributed by atoms with Gasteiger partial charge in [-0.3, -0.25) is 4.79 Å². The van der Waals surface area contributed by atoms with Gasteiger partial charge in [0.25, 0.3) is 5.91 Å². The second kappa shape index (κ2) is 9.73. The highest BCUT2D eigenvalue weighted by atomic mass is 32.2. The lowest BCUT2D eigenvalue weighted by Crippen LogP contribution is -2.46. The number of rotatable bonds is 5. The average Bonchev–Trinajstić information content (AvgIpc) is 2.84. The lowest BCUT2D eigenvalue weighted by atomic mass is 9.96. The zero-order chi connectivity index (χ0) is 22.7. The van der Waals surface area contributed by atoms with Crippen LogP contribution in [0, 0.1) is 0 Å². The summed E-state index contributed by atoms with van der Waals surface area (Å²) in [6, 6.07) is 16.3. The number of nitrogens with zero attached hydrogens (tertiary/aromatic N) is 2. The fraction of sp³-hybridized carbons (Fsp3) is 0.480. The second-order valence-electron chi connectivity index (χ2n) is 8.89. The lowest BCUT2D eigenvalue weighted by molar-refractivity contribution is -0.0691. The Morgan fingerprint density at radius 3 is 2.28 bits per heavy atom. The van der Waals surface area contributed by atoms with Gasteiger partial charge in [0.1, 0.15) is 6.10 Å². The highest BCUT2D eigenvalue weighted by Crippen LogP contribution is 2.28. The molecular formula is C25H32N2O4S. The summed E-state index contributed by atoms with van der Waals surface area (Å²) >= 11 is 0. The van der Waals surface area contributed by atoms with Crippen molar-refractivity contribution < 1.29 is 17.9 Å². The molecule has 1 amide bonds. The molecule has 0 radical (unpaired) electrons. The van der Waals surface area contributed by atoms with Gasteiger partial charge in [0.05, 0.1) is 17.5 Å². The molecule has 7 heteroatoms. The number of benzene rings is 2. The number of morpholine rings is 1. The van der Waals surface area contributed by atoms with Gasteiger partial charge < -0.3 is 9.64 Å². The number of sulfonamides is 1. The minimum Gasteiger partial charge on any atom is -0.367 e. The first-order valence-corrected chi connectivity index (χ1v) is 12.9. The van der Waals surface area contributed by atoms with Gasteiger partial charge in [-0.25, -0.2) is 8.42 Å². The molecule has 1 heterocycles. The monoisotopic (exact) mass is 456 g/mol. The molecule has 4 rings (SSSR count). The number of amides is 1. The molecule has 2 unspecified atom stereocenters. The standard InChI is InChI=1S/C25H32N2O4S/c1-19-17-27(18-24(31-19)20-9-5-3-6-10-20)25(28)21-13-15-23(16-14-21)32(29,30)26(2)22-11-7-4-8-12-22/h3,5-6,9-10,13-16,19,22,24H,4,7-8,11-12,17-18H2,1-2H3. The SMILES string of the molecule is CC1CN(C(=O)c2ccc(S(=O)(=O)N(C)C3CCCCC3)cc2)CC(c2ccccc2)O1. The van der Waals surface area contributed by atoms with Gasteiger partial charge in [0.15, 0.2) is 0 Å². The van der Waals surface area contributed by atoms with E-state index >= 15 is 0 Å². The first-order valence-electron chi connectivity index (χ1n) is 11.4. The molecule has 0 spiro atoms. The second-order valence-corrected chi connectivity index (χ2v) is 10.9. The first kappa shape index (κ1) is 23.0. The third-order valence-corrected chi connectivity index (χ3v) is 8.51. The Bertz CT molecular complexity index is 1020. The molecule has 0 bridgehead atoms. The van der Waals surface area contributed by atoms with E-state index in [0.717, 1.165) is 31.2 Å². The van der Waals surface area contributed by atoms with Crippen LogP contribution in [0.4, 0.5) is 0 Å². The van der Waals surface area contributed by atoms with Crippen molar-refractivity contribution in [2.24, 2.45) is 0 Å². The van der Waals surface area contributed by atoms with Crippen LogP contribution in [0.1, 0.15) is 61.1 Å². The minimum atomic E-state index is -3.57. The van der Waals surface area contributed by atoms with Crippen molar-refractivity contribution in [1.82, 2.24) is 9.21 Å². The summed E-state index contributed by atoms with van der Waals surface area (Å²) in [7, 11) is -1.90. The maximum absolute atomic E-state index is 13.2. The molecule has 6 nitrogen and oxygen atoms in total. The fourth-order valence-corrected chi connectivity index (χ4v) is 6.14. The third-order valence-electron chi connectivity index (χ3n) is 6.59. The molecule has 0 aromatic heterocycles. The van der Waals surface area contributed by atoms with E-state index in [0.29, 0.717) is 18.7 Å². The van der Waals surface area contributed by atoms with E-state index in [-0.39, 0.29) is 29.1 Å². The van der Waals surface area contributed by atoms with Gasteiger partial charge in [-0.1, -0.05) is 49.6 Å². The topological polar surface area (TPSA) is 66.9 Å². The van der Waals surface area contributed by atoms with Gasteiger partial charge >= 0.3 is 0 Å². The molecule has 2 aromatic rings. The van der Waals surface area contributed by atoms with E-state index in [1.165, 1.54) is 10.7 Å². The quantitative estimate of drug-likeness (QED) is 0.675. The zero-order valence-electron chi connectivity index (χ0n) is 18.8. The number of hydrogen-bond acceptors (Lipinski definition) is 4. The van der Waals surface area contributed by atoms with Crippen LogP contribution < -0.4 is 0 Å². The van der Waals surface area contributed by atoms with Gasteiger partial charge in [-0.05, 0) is 49.6 Å². The molecule has 1 saturated heterocycles. The van der Waals surface area contributed by atoms with Crippen LogP contribution in [0.15, 0.2) is 59.5 Å². The maximum atomic E-state index is 13.2. The van der Waals surface area contributed by atoms with Crippen molar-refractivity contribution in [1.29, 1.82) is 0 Å². The van der Waals surface area contributed by atoms with E-state index in [9.17, 15) is 13.2 Å². The van der Waals surface area contributed by atoms with E-state index in [1.54, 1.807) is 36.2 Å².